The highest BCUT2D eigenvalue weighted by Crippen LogP contribution is 2.40. The van der Waals surface area contributed by atoms with Gasteiger partial charge in [0.25, 0.3) is 0 Å². The molecule has 0 saturated heterocycles. The number of pyridine rings is 2. The number of halogens is 1. The number of aliphatic hydroxyl groups is 1. The predicted molar refractivity (Wildman–Crippen MR) is 165 cm³/mol. The molecule has 200 valence electrons. The van der Waals surface area contributed by atoms with Crippen molar-refractivity contribution in [1.29, 1.82) is 0 Å². The molecule has 2 aromatic carbocycles. The van der Waals surface area contributed by atoms with E-state index in [2.05, 4.69) is 74.9 Å². The summed E-state index contributed by atoms with van der Waals surface area (Å²) in [4.78, 5) is 14.4. The topological polar surface area (TPSA) is 86.0 Å². The molecule has 40 heavy (non-hydrogen) atoms. The van der Waals surface area contributed by atoms with Gasteiger partial charge < -0.3 is 9.84 Å². The predicted octanol–water partition coefficient (Wildman–Crippen LogP) is 6.32. The Morgan fingerprint density at radius 1 is 1.05 bits per heavy atom. The Labute approximate surface area is 249 Å². The normalized spacial score (nSPS) is 12.9. The van der Waals surface area contributed by atoms with Crippen LogP contribution in [0.3, 0.4) is 0 Å². The summed E-state index contributed by atoms with van der Waals surface area (Å²) in [5, 5.41) is 17.6. The van der Waals surface area contributed by atoms with E-state index in [1.54, 1.807) is 37.3 Å². The number of aromatic nitrogens is 5. The summed E-state index contributed by atoms with van der Waals surface area (Å²) in [5.74, 6) is 0.488. The van der Waals surface area contributed by atoms with E-state index in [-0.39, 0.29) is 0 Å². The van der Waals surface area contributed by atoms with Gasteiger partial charge in [-0.15, -0.1) is 11.3 Å². The maximum atomic E-state index is 12.3. The van der Waals surface area contributed by atoms with Crippen LogP contribution in [0.5, 0.6) is 5.88 Å². The SMILES string of the molecule is CCc1nc2ccc(C(O)(c3ccc(OC)nc3)c3cncs3)cc2c(I)c1Cc1ccc(-n2cccn2)cc1. The number of nitrogens with zero attached hydrogens (tertiary/aromatic N) is 5. The largest absolute Gasteiger partial charge is 0.481 e. The number of methoxy groups -OCH3 is 1. The van der Waals surface area contributed by atoms with Crippen molar-refractivity contribution in [3.8, 4) is 11.6 Å². The molecular weight excluding hydrogens is 633 g/mol. The van der Waals surface area contributed by atoms with E-state index in [9.17, 15) is 5.11 Å². The van der Waals surface area contributed by atoms with Gasteiger partial charge in [-0.2, -0.15) is 5.10 Å². The number of hydrogen-bond donors (Lipinski definition) is 1. The van der Waals surface area contributed by atoms with Gasteiger partial charge in [-0.05, 0) is 82.1 Å². The fraction of sp³-hybridized carbons (Fsp3) is 0.161. The third-order valence-electron chi connectivity index (χ3n) is 7.09. The van der Waals surface area contributed by atoms with Crippen LogP contribution < -0.4 is 4.74 Å². The second-order valence-electron chi connectivity index (χ2n) is 9.40. The maximum absolute atomic E-state index is 12.3. The van der Waals surface area contributed by atoms with Crippen LogP contribution >= 0.6 is 33.9 Å². The van der Waals surface area contributed by atoms with Gasteiger partial charge in [-0.1, -0.05) is 25.1 Å². The van der Waals surface area contributed by atoms with E-state index in [1.165, 1.54) is 22.5 Å². The Kier molecular flexibility index (Phi) is 7.35. The zero-order valence-corrected chi connectivity index (χ0v) is 24.9. The van der Waals surface area contributed by atoms with E-state index < -0.39 is 5.60 Å². The summed E-state index contributed by atoms with van der Waals surface area (Å²) in [5.41, 5.74) is 7.09. The average Bonchev–Trinajstić information content (AvgIpc) is 3.74. The third-order valence-corrected chi connectivity index (χ3v) is 9.21. The van der Waals surface area contributed by atoms with Gasteiger partial charge in [-0.25, -0.2) is 9.67 Å². The smallest absolute Gasteiger partial charge is 0.212 e. The highest BCUT2D eigenvalue weighted by atomic mass is 127. The fourth-order valence-electron chi connectivity index (χ4n) is 4.96. The summed E-state index contributed by atoms with van der Waals surface area (Å²) < 4.78 is 8.23. The van der Waals surface area contributed by atoms with Gasteiger partial charge >= 0.3 is 0 Å². The molecule has 0 aliphatic heterocycles. The van der Waals surface area contributed by atoms with Crippen LogP contribution in [0.1, 0.15) is 39.7 Å². The first-order valence-corrected chi connectivity index (χ1v) is 14.8. The fourth-order valence-corrected chi connectivity index (χ4v) is 6.66. The standard InChI is InChI=1S/C31H26IN5O2S/c1-3-26-24(15-20-5-9-23(10-6-20)37-14-4-13-35-37)30(32)25-16-21(7-11-27(25)36-26)31(38,28-18-33-19-40-28)22-8-12-29(39-2)34-17-22/h4-14,16-19,38H,3,15H2,1-2H3. The second-order valence-corrected chi connectivity index (χ2v) is 11.4. The summed E-state index contributed by atoms with van der Waals surface area (Å²) in [6.45, 7) is 2.14. The van der Waals surface area contributed by atoms with Crippen molar-refractivity contribution < 1.29 is 9.84 Å². The molecule has 0 aliphatic rings. The summed E-state index contributed by atoms with van der Waals surface area (Å²) in [6.07, 6.45) is 8.67. The molecule has 0 aliphatic carbocycles. The lowest BCUT2D eigenvalue weighted by atomic mass is 9.85. The quantitative estimate of drug-likeness (QED) is 0.193. The molecule has 6 aromatic rings. The number of hydrogen-bond acceptors (Lipinski definition) is 7. The number of thiazole rings is 1. The van der Waals surface area contributed by atoms with Crippen LogP contribution in [0.2, 0.25) is 0 Å². The van der Waals surface area contributed by atoms with Crippen molar-refractivity contribution in [2.45, 2.75) is 25.4 Å². The van der Waals surface area contributed by atoms with Crippen molar-refractivity contribution in [3.63, 3.8) is 0 Å². The molecule has 1 atom stereocenters. The number of benzene rings is 2. The Morgan fingerprint density at radius 2 is 1.88 bits per heavy atom. The zero-order valence-electron chi connectivity index (χ0n) is 22.0. The lowest BCUT2D eigenvalue weighted by Crippen LogP contribution is -2.28. The molecular formula is C31H26IN5O2S. The minimum atomic E-state index is -1.43. The number of fused-ring (bicyclic) bond motifs is 1. The lowest BCUT2D eigenvalue weighted by Gasteiger charge is -2.28. The zero-order chi connectivity index (χ0) is 27.7. The van der Waals surface area contributed by atoms with Crippen LogP contribution in [0.25, 0.3) is 16.6 Å². The molecule has 0 saturated carbocycles. The molecule has 0 spiro atoms. The Bertz CT molecular complexity index is 1760. The van der Waals surface area contributed by atoms with Gasteiger partial charge in [0.15, 0.2) is 5.60 Å². The Morgan fingerprint density at radius 3 is 2.52 bits per heavy atom. The van der Waals surface area contributed by atoms with Gasteiger partial charge in [0, 0.05) is 57.5 Å². The van der Waals surface area contributed by atoms with Crippen molar-refractivity contribution in [3.05, 3.63) is 127 Å². The minimum Gasteiger partial charge on any atom is -0.481 e. The molecule has 0 amide bonds. The minimum absolute atomic E-state index is 0.488. The van der Waals surface area contributed by atoms with Crippen LogP contribution in [0, 0.1) is 3.57 Å². The van der Waals surface area contributed by atoms with Gasteiger partial charge in [0.05, 0.1) is 28.7 Å². The molecule has 0 radical (unpaired) electrons. The molecule has 0 fully saturated rings. The summed E-state index contributed by atoms with van der Waals surface area (Å²) >= 11 is 3.84. The van der Waals surface area contributed by atoms with Gasteiger partial charge in [0.1, 0.15) is 0 Å². The molecule has 9 heteroatoms. The van der Waals surface area contributed by atoms with Crippen molar-refractivity contribution in [2.24, 2.45) is 0 Å². The van der Waals surface area contributed by atoms with E-state index >= 15 is 0 Å². The van der Waals surface area contributed by atoms with Crippen LogP contribution in [-0.2, 0) is 18.4 Å². The second kappa shape index (κ2) is 11.1. The summed E-state index contributed by atoms with van der Waals surface area (Å²) in [7, 11) is 1.58. The van der Waals surface area contributed by atoms with Crippen molar-refractivity contribution in [1.82, 2.24) is 24.7 Å². The average molecular weight is 660 g/mol. The molecule has 4 aromatic heterocycles. The van der Waals surface area contributed by atoms with E-state index in [4.69, 9.17) is 9.72 Å². The highest BCUT2D eigenvalue weighted by Gasteiger charge is 2.36. The molecule has 1 unspecified atom stereocenters. The third kappa shape index (κ3) is 4.78. The van der Waals surface area contributed by atoms with Gasteiger partial charge in [0.2, 0.25) is 5.88 Å². The first kappa shape index (κ1) is 26.5. The Hall–Kier alpha value is -3.67. The lowest BCUT2D eigenvalue weighted by molar-refractivity contribution is 0.129. The summed E-state index contributed by atoms with van der Waals surface area (Å²) in [6, 6.07) is 20.0. The van der Waals surface area contributed by atoms with Crippen LogP contribution in [0.15, 0.2) is 91.0 Å². The highest BCUT2D eigenvalue weighted by molar-refractivity contribution is 14.1. The van der Waals surface area contributed by atoms with Crippen molar-refractivity contribution >= 4 is 44.8 Å². The first-order chi connectivity index (χ1) is 19.5. The Balaban J connectivity index is 1.44. The van der Waals surface area contributed by atoms with E-state index in [0.717, 1.165) is 44.3 Å². The number of ether oxygens (including phenoxy) is 1. The van der Waals surface area contributed by atoms with E-state index in [0.29, 0.717) is 16.3 Å². The monoisotopic (exact) mass is 659 g/mol. The first-order valence-electron chi connectivity index (χ1n) is 12.8. The van der Waals surface area contributed by atoms with Crippen molar-refractivity contribution in [2.75, 3.05) is 7.11 Å². The van der Waals surface area contributed by atoms with E-state index in [1.807, 2.05) is 35.1 Å². The maximum Gasteiger partial charge on any atom is 0.212 e. The number of aryl methyl sites for hydroxylation is 1. The molecule has 0 bridgehead atoms. The molecule has 7 nitrogen and oxygen atoms in total. The van der Waals surface area contributed by atoms with Crippen LogP contribution in [-0.4, -0.2) is 36.9 Å². The molecule has 4 heterocycles. The van der Waals surface area contributed by atoms with Crippen LogP contribution in [0.4, 0.5) is 0 Å². The molecule has 1 N–H and O–H groups in total. The molecule has 6 rings (SSSR count). The van der Waals surface area contributed by atoms with Gasteiger partial charge in [-0.3, -0.25) is 9.97 Å². The number of rotatable bonds is 8.